The third-order valence-electron chi connectivity index (χ3n) is 6.97. The molecule has 3 heterocycles. The molecular formula is C23H30FN5O5S. The smallest absolute Gasteiger partial charge is 0.282 e. The Kier molecular flexibility index (Phi) is 7.59. The molecule has 190 valence electrons. The van der Waals surface area contributed by atoms with Crippen molar-refractivity contribution in [2.45, 2.75) is 38.3 Å². The van der Waals surface area contributed by atoms with Crippen molar-refractivity contribution >= 4 is 22.0 Å². The highest BCUT2D eigenvalue weighted by atomic mass is 32.2. The predicted molar refractivity (Wildman–Crippen MR) is 123 cm³/mol. The second-order valence-corrected chi connectivity index (χ2v) is 11.1. The van der Waals surface area contributed by atoms with E-state index in [1.54, 1.807) is 12.1 Å². The Hall–Kier alpha value is -2.75. The van der Waals surface area contributed by atoms with Gasteiger partial charge in [0.25, 0.3) is 10.2 Å². The van der Waals surface area contributed by atoms with Gasteiger partial charge in [-0.2, -0.15) is 22.3 Å². The summed E-state index contributed by atoms with van der Waals surface area (Å²) in [5.74, 6) is -1.50. The number of carbonyl (C=O) groups excluding carboxylic acids is 2. The van der Waals surface area contributed by atoms with E-state index in [9.17, 15) is 22.4 Å². The topological polar surface area (TPSA) is 123 Å². The van der Waals surface area contributed by atoms with Gasteiger partial charge in [0, 0.05) is 50.9 Å². The maximum Gasteiger partial charge on any atom is 0.282 e. The molecule has 3 fully saturated rings. The molecule has 0 aliphatic carbocycles. The Morgan fingerprint density at radius 2 is 1.91 bits per heavy atom. The third kappa shape index (κ3) is 5.27. The zero-order valence-corrected chi connectivity index (χ0v) is 20.5. The second kappa shape index (κ2) is 10.5. The van der Waals surface area contributed by atoms with Gasteiger partial charge in [-0.25, -0.2) is 4.39 Å². The lowest BCUT2D eigenvalue weighted by Crippen LogP contribution is -2.57. The number of benzene rings is 1. The van der Waals surface area contributed by atoms with E-state index in [1.165, 1.54) is 26.7 Å². The average molecular weight is 508 g/mol. The van der Waals surface area contributed by atoms with E-state index in [0.29, 0.717) is 50.1 Å². The van der Waals surface area contributed by atoms with Crippen LogP contribution >= 0.6 is 0 Å². The molecule has 1 aromatic carbocycles. The number of likely N-dealkylation sites (tertiary alicyclic amines) is 1. The number of halogens is 1. The average Bonchev–Trinajstić information content (AvgIpc) is 3.32. The number of hydrogen-bond acceptors (Lipinski definition) is 6. The summed E-state index contributed by atoms with van der Waals surface area (Å²) < 4.78 is 47.6. The van der Waals surface area contributed by atoms with Crippen LogP contribution in [0.25, 0.3) is 0 Å². The zero-order chi connectivity index (χ0) is 25.2. The molecule has 0 radical (unpaired) electrons. The van der Waals surface area contributed by atoms with Crippen LogP contribution in [0.1, 0.15) is 31.2 Å². The predicted octanol–water partition coefficient (Wildman–Crippen LogP) is 0.854. The van der Waals surface area contributed by atoms with Gasteiger partial charge in [0.1, 0.15) is 17.6 Å². The van der Waals surface area contributed by atoms with Gasteiger partial charge in [-0.05, 0) is 31.7 Å². The van der Waals surface area contributed by atoms with Crippen LogP contribution < -0.4 is 10.1 Å². The molecule has 0 unspecified atom stereocenters. The number of hydrogen-bond donors (Lipinski definition) is 1. The Morgan fingerprint density at radius 1 is 1.17 bits per heavy atom. The van der Waals surface area contributed by atoms with E-state index < -0.39 is 28.0 Å². The van der Waals surface area contributed by atoms with E-state index in [4.69, 9.17) is 10.00 Å². The fourth-order valence-electron chi connectivity index (χ4n) is 4.86. The molecule has 1 aromatic rings. The highest BCUT2D eigenvalue weighted by Gasteiger charge is 2.44. The number of carbonyl (C=O) groups is 2. The van der Waals surface area contributed by atoms with Gasteiger partial charge >= 0.3 is 0 Å². The van der Waals surface area contributed by atoms with Crippen molar-refractivity contribution in [1.29, 1.82) is 5.26 Å². The normalized spacial score (nSPS) is 24.0. The first-order chi connectivity index (χ1) is 16.7. The molecule has 3 aliphatic rings. The van der Waals surface area contributed by atoms with E-state index in [2.05, 4.69) is 11.4 Å². The van der Waals surface area contributed by atoms with Gasteiger partial charge in [-0.3, -0.25) is 9.59 Å². The first-order valence-corrected chi connectivity index (χ1v) is 13.2. The summed E-state index contributed by atoms with van der Waals surface area (Å²) in [6.45, 7) is 1.16. The summed E-state index contributed by atoms with van der Waals surface area (Å²) >= 11 is 0. The number of nitrogens with zero attached hydrogens (tertiary/aromatic N) is 4. The lowest BCUT2D eigenvalue weighted by molar-refractivity contribution is -0.142. The minimum atomic E-state index is -3.72. The van der Waals surface area contributed by atoms with Crippen LogP contribution in [0.3, 0.4) is 0 Å². The SMILES string of the molecule is COc1ccc(CNC(=O)[C@H]2CCCN2C(=O)[C@H]2CCCN(S(=O)(=O)N3CC(C#N)C3)C2)c(F)c1. The highest BCUT2D eigenvalue weighted by Crippen LogP contribution is 2.29. The van der Waals surface area contributed by atoms with Crippen LogP contribution in [0, 0.1) is 29.0 Å². The Labute approximate surface area is 204 Å². The summed E-state index contributed by atoms with van der Waals surface area (Å²) in [4.78, 5) is 27.7. The quantitative estimate of drug-likeness (QED) is 0.584. The zero-order valence-electron chi connectivity index (χ0n) is 19.7. The highest BCUT2D eigenvalue weighted by molar-refractivity contribution is 7.86. The number of nitriles is 1. The second-order valence-electron chi connectivity index (χ2n) is 9.21. The molecule has 12 heteroatoms. The number of ether oxygens (including phenoxy) is 1. The molecule has 1 N–H and O–H groups in total. The third-order valence-corrected chi connectivity index (χ3v) is 8.90. The monoisotopic (exact) mass is 507 g/mol. The number of rotatable bonds is 7. The number of amides is 2. The van der Waals surface area contributed by atoms with Crippen molar-refractivity contribution in [2.75, 3.05) is 39.8 Å². The van der Waals surface area contributed by atoms with Crippen molar-refractivity contribution in [1.82, 2.24) is 18.8 Å². The molecule has 3 aliphatic heterocycles. The van der Waals surface area contributed by atoms with Crippen molar-refractivity contribution in [3.63, 3.8) is 0 Å². The fourth-order valence-corrected chi connectivity index (χ4v) is 6.65. The van der Waals surface area contributed by atoms with Gasteiger partial charge in [0.15, 0.2) is 0 Å². The minimum absolute atomic E-state index is 0.0117. The first kappa shape index (κ1) is 25.3. The molecule has 0 bridgehead atoms. The van der Waals surface area contributed by atoms with Crippen molar-refractivity contribution < 1.29 is 27.1 Å². The van der Waals surface area contributed by atoms with Crippen LogP contribution in [-0.2, 0) is 26.3 Å². The summed E-state index contributed by atoms with van der Waals surface area (Å²) in [6, 6.07) is 5.80. The summed E-state index contributed by atoms with van der Waals surface area (Å²) in [6.07, 6.45) is 2.26. The molecule has 3 saturated heterocycles. The van der Waals surface area contributed by atoms with E-state index >= 15 is 0 Å². The number of piperidine rings is 1. The molecule has 2 amide bonds. The van der Waals surface area contributed by atoms with Crippen LogP contribution in [0.5, 0.6) is 5.75 Å². The van der Waals surface area contributed by atoms with E-state index in [-0.39, 0.29) is 43.9 Å². The summed E-state index contributed by atoms with van der Waals surface area (Å²) in [7, 11) is -2.27. The molecular weight excluding hydrogens is 477 g/mol. The van der Waals surface area contributed by atoms with Crippen molar-refractivity contribution in [3.8, 4) is 11.8 Å². The summed E-state index contributed by atoms with van der Waals surface area (Å²) in [5, 5.41) is 11.7. The molecule has 10 nitrogen and oxygen atoms in total. The number of methoxy groups -OCH3 is 1. The Bertz CT molecular complexity index is 1120. The van der Waals surface area contributed by atoms with Gasteiger partial charge < -0.3 is 15.0 Å². The molecule has 4 rings (SSSR count). The van der Waals surface area contributed by atoms with Gasteiger partial charge in [0.05, 0.1) is 25.0 Å². The van der Waals surface area contributed by atoms with Crippen LogP contribution in [0.4, 0.5) is 4.39 Å². The molecule has 35 heavy (non-hydrogen) atoms. The van der Waals surface area contributed by atoms with Crippen LogP contribution in [0.15, 0.2) is 18.2 Å². The molecule has 0 aromatic heterocycles. The lowest BCUT2D eigenvalue weighted by atomic mass is 9.97. The number of nitrogens with one attached hydrogen (secondary N) is 1. The van der Waals surface area contributed by atoms with Gasteiger partial charge in [-0.1, -0.05) is 6.07 Å². The van der Waals surface area contributed by atoms with Gasteiger partial charge in [-0.15, -0.1) is 0 Å². The maximum atomic E-state index is 14.2. The standard InChI is InChI=1S/C23H30FN5O5S/c1-34-19-7-6-17(20(24)10-19)12-26-22(30)21-5-3-9-29(21)23(31)18-4-2-8-27(15-18)35(32,33)28-13-16(11-25)14-28/h6-7,10,16,18,21H,2-5,8-9,12-15H2,1H3,(H,26,30)/t18-,21+/m0/s1. The minimum Gasteiger partial charge on any atom is -0.497 e. The maximum absolute atomic E-state index is 14.2. The van der Waals surface area contributed by atoms with Crippen molar-refractivity contribution in [2.24, 2.45) is 11.8 Å². The molecule has 2 atom stereocenters. The Morgan fingerprint density at radius 3 is 2.60 bits per heavy atom. The van der Waals surface area contributed by atoms with Crippen LogP contribution in [-0.4, -0.2) is 79.6 Å². The van der Waals surface area contributed by atoms with Crippen molar-refractivity contribution in [3.05, 3.63) is 29.6 Å². The Balaban J connectivity index is 1.36. The summed E-state index contributed by atoms with van der Waals surface area (Å²) in [5.41, 5.74) is 0.313. The molecule has 0 saturated carbocycles. The van der Waals surface area contributed by atoms with Crippen LogP contribution in [0.2, 0.25) is 0 Å². The van der Waals surface area contributed by atoms with E-state index in [0.717, 1.165) is 0 Å². The molecule has 0 spiro atoms. The van der Waals surface area contributed by atoms with E-state index in [1.807, 2.05) is 0 Å². The van der Waals surface area contributed by atoms with Gasteiger partial charge in [0.2, 0.25) is 11.8 Å². The largest absolute Gasteiger partial charge is 0.497 e. The lowest BCUT2D eigenvalue weighted by Gasteiger charge is -2.41. The fraction of sp³-hybridized carbons (Fsp3) is 0.609. The first-order valence-electron chi connectivity index (χ1n) is 11.8.